The van der Waals surface area contributed by atoms with E-state index in [2.05, 4.69) is 10.1 Å². The molecule has 2 aromatic carbocycles. The Balaban J connectivity index is 1.86. The number of nitrogens with two attached hydrogens (primary N) is 1. The van der Waals surface area contributed by atoms with Crippen molar-refractivity contribution in [3.63, 3.8) is 0 Å². The minimum Gasteiger partial charge on any atom is -0.368 e. The Morgan fingerprint density at radius 2 is 1.33 bits per heavy atom. The highest BCUT2D eigenvalue weighted by Crippen LogP contribution is 2.45. The van der Waals surface area contributed by atoms with Gasteiger partial charge in [0.2, 0.25) is 5.95 Å². The molecule has 2 amide bonds. The zero-order valence-electron chi connectivity index (χ0n) is 13.1. The van der Waals surface area contributed by atoms with Crippen LogP contribution in [0.1, 0.15) is 20.7 Å². The Kier molecular flexibility index (Phi) is 4.27. The third-order valence-electron chi connectivity index (χ3n) is 3.92. The Morgan fingerprint density at radius 1 is 0.815 bits per heavy atom. The summed E-state index contributed by atoms with van der Waals surface area (Å²) in [4.78, 5) is 30.4. The molecular formula is C16H7Cl4N5O2. The Morgan fingerprint density at radius 3 is 1.85 bits per heavy atom. The van der Waals surface area contributed by atoms with Gasteiger partial charge in [0.25, 0.3) is 17.8 Å². The maximum absolute atomic E-state index is 12.8. The molecule has 0 aliphatic carbocycles. The minimum absolute atomic E-state index is 0.0129. The monoisotopic (exact) mass is 441 g/mol. The fraction of sp³-hybridized carbons (Fsp3) is 0. The summed E-state index contributed by atoms with van der Waals surface area (Å²) in [6.07, 6.45) is 0. The van der Waals surface area contributed by atoms with Crippen LogP contribution in [-0.2, 0) is 0 Å². The number of fused-ring (bicyclic) bond motifs is 1. The van der Waals surface area contributed by atoms with Crippen LogP contribution in [0.15, 0.2) is 30.3 Å². The lowest BCUT2D eigenvalue weighted by Crippen LogP contribution is -2.30. The topological polar surface area (TPSA) is 94.1 Å². The van der Waals surface area contributed by atoms with E-state index >= 15 is 0 Å². The lowest BCUT2D eigenvalue weighted by Gasteiger charge is -2.08. The molecule has 0 spiro atoms. The van der Waals surface area contributed by atoms with Crippen molar-refractivity contribution in [3.05, 3.63) is 61.5 Å². The molecule has 7 nitrogen and oxygen atoms in total. The SMILES string of the molecule is Nc1nc(N2C(=O)c3c(Cl)c(Cl)c(Cl)c(Cl)c3C2=O)nn1-c1ccccc1. The second-order valence-electron chi connectivity index (χ2n) is 5.47. The molecule has 136 valence electrons. The number of amides is 2. The van der Waals surface area contributed by atoms with E-state index in [9.17, 15) is 9.59 Å². The lowest BCUT2D eigenvalue weighted by atomic mass is 10.1. The number of halogens is 4. The predicted octanol–water partition coefficient (Wildman–Crippen LogP) is 4.26. The van der Waals surface area contributed by atoms with Crippen LogP contribution in [0.2, 0.25) is 20.1 Å². The molecule has 3 aromatic rings. The van der Waals surface area contributed by atoms with E-state index in [1.165, 1.54) is 4.68 Å². The van der Waals surface area contributed by atoms with E-state index in [0.29, 0.717) is 5.69 Å². The molecule has 11 heteroatoms. The number of anilines is 2. The summed E-state index contributed by atoms with van der Waals surface area (Å²) in [5, 5.41) is 3.59. The minimum atomic E-state index is -0.773. The number of nitrogens with zero attached hydrogens (tertiary/aromatic N) is 4. The van der Waals surface area contributed by atoms with Crippen molar-refractivity contribution < 1.29 is 9.59 Å². The van der Waals surface area contributed by atoms with Crippen molar-refractivity contribution in [3.8, 4) is 5.69 Å². The number of carbonyl (C=O) groups excluding carboxylic acids is 2. The normalized spacial score (nSPS) is 13.4. The number of para-hydroxylation sites is 1. The van der Waals surface area contributed by atoms with E-state index in [1.807, 2.05) is 6.07 Å². The number of rotatable bonds is 2. The van der Waals surface area contributed by atoms with Gasteiger partial charge in [-0.1, -0.05) is 64.6 Å². The van der Waals surface area contributed by atoms with Crippen LogP contribution in [-0.4, -0.2) is 26.6 Å². The third-order valence-corrected chi connectivity index (χ3v) is 5.72. The summed E-state index contributed by atoms with van der Waals surface area (Å²) in [5.74, 6) is -1.78. The summed E-state index contributed by atoms with van der Waals surface area (Å²) in [6, 6.07) is 8.86. The van der Waals surface area contributed by atoms with Gasteiger partial charge < -0.3 is 5.73 Å². The molecule has 2 N–H and O–H groups in total. The Bertz CT molecular complexity index is 1080. The van der Waals surface area contributed by atoms with Gasteiger partial charge >= 0.3 is 0 Å². The number of nitrogen functional groups attached to an aromatic ring is 1. The number of aromatic nitrogens is 3. The van der Waals surface area contributed by atoms with Gasteiger partial charge in [-0.3, -0.25) is 9.59 Å². The molecule has 4 rings (SSSR count). The van der Waals surface area contributed by atoms with Crippen LogP contribution in [0.25, 0.3) is 5.69 Å². The van der Waals surface area contributed by atoms with Gasteiger partial charge in [0.1, 0.15) is 0 Å². The van der Waals surface area contributed by atoms with Gasteiger partial charge in [-0.2, -0.15) is 9.67 Å². The number of hydrogen-bond donors (Lipinski definition) is 1. The van der Waals surface area contributed by atoms with E-state index in [-0.39, 0.29) is 43.1 Å². The smallest absolute Gasteiger partial charge is 0.270 e. The summed E-state index contributed by atoms with van der Waals surface area (Å²) in [7, 11) is 0. The summed E-state index contributed by atoms with van der Waals surface area (Å²) < 4.78 is 1.29. The molecular weight excluding hydrogens is 436 g/mol. The van der Waals surface area contributed by atoms with E-state index in [0.717, 1.165) is 4.90 Å². The first-order chi connectivity index (χ1) is 12.8. The van der Waals surface area contributed by atoms with Gasteiger partial charge in [0.05, 0.1) is 36.9 Å². The zero-order chi connectivity index (χ0) is 19.5. The number of carbonyl (C=O) groups is 2. The van der Waals surface area contributed by atoms with Gasteiger partial charge in [0.15, 0.2) is 0 Å². The van der Waals surface area contributed by atoms with Crippen LogP contribution in [0.3, 0.4) is 0 Å². The molecule has 1 aliphatic rings. The maximum Gasteiger partial charge on any atom is 0.270 e. The van der Waals surface area contributed by atoms with Crippen molar-refractivity contribution in [2.75, 3.05) is 10.6 Å². The fourth-order valence-electron chi connectivity index (χ4n) is 2.70. The summed E-state index contributed by atoms with van der Waals surface area (Å²) >= 11 is 24.2. The summed E-state index contributed by atoms with van der Waals surface area (Å²) in [5.41, 5.74) is 6.18. The standard InChI is InChI=1S/C16H7Cl4N5O2/c17-9-7-8(10(18)12(20)11(9)19)14(27)24(13(7)26)16-22-15(21)25(23-16)6-4-2-1-3-5-6/h1-5H,(H2,21,22,23). The molecule has 0 saturated carbocycles. The number of benzene rings is 2. The van der Waals surface area contributed by atoms with E-state index < -0.39 is 11.8 Å². The zero-order valence-corrected chi connectivity index (χ0v) is 16.1. The average molecular weight is 443 g/mol. The van der Waals surface area contributed by atoms with Crippen molar-refractivity contribution in [1.29, 1.82) is 0 Å². The van der Waals surface area contributed by atoms with Crippen molar-refractivity contribution in [1.82, 2.24) is 14.8 Å². The molecule has 27 heavy (non-hydrogen) atoms. The molecule has 0 radical (unpaired) electrons. The molecule has 1 aliphatic heterocycles. The highest BCUT2D eigenvalue weighted by molar-refractivity contribution is 6.56. The Labute approximate surface area is 172 Å². The molecule has 1 aromatic heterocycles. The van der Waals surface area contributed by atoms with Crippen LogP contribution < -0.4 is 10.6 Å². The van der Waals surface area contributed by atoms with Crippen LogP contribution >= 0.6 is 46.4 Å². The second kappa shape index (κ2) is 6.38. The third kappa shape index (κ3) is 2.58. The van der Waals surface area contributed by atoms with Gasteiger partial charge in [-0.05, 0) is 12.1 Å². The number of imide groups is 1. The average Bonchev–Trinajstić information content (AvgIpc) is 3.16. The first-order valence-electron chi connectivity index (χ1n) is 7.35. The number of hydrogen-bond acceptors (Lipinski definition) is 5. The Hall–Kier alpha value is -2.32. The molecule has 0 unspecified atom stereocenters. The highest BCUT2D eigenvalue weighted by Gasteiger charge is 2.44. The van der Waals surface area contributed by atoms with Crippen molar-refractivity contribution in [2.45, 2.75) is 0 Å². The van der Waals surface area contributed by atoms with Crippen LogP contribution in [0, 0.1) is 0 Å². The van der Waals surface area contributed by atoms with Gasteiger partial charge in [-0.25, -0.2) is 4.90 Å². The quantitative estimate of drug-likeness (QED) is 0.363. The van der Waals surface area contributed by atoms with E-state index in [1.54, 1.807) is 24.3 Å². The van der Waals surface area contributed by atoms with Crippen LogP contribution in [0.5, 0.6) is 0 Å². The van der Waals surface area contributed by atoms with Gasteiger partial charge in [-0.15, -0.1) is 5.10 Å². The molecule has 0 bridgehead atoms. The van der Waals surface area contributed by atoms with E-state index in [4.69, 9.17) is 52.1 Å². The van der Waals surface area contributed by atoms with Gasteiger partial charge in [0, 0.05) is 0 Å². The second-order valence-corrected chi connectivity index (χ2v) is 6.98. The predicted molar refractivity (Wildman–Crippen MR) is 103 cm³/mol. The first kappa shape index (κ1) is 18.1. The molecule has 2 heterocycles. The molecule has 0 atom stereocenters. The highest BCUT2D eigenvalue weighted by atomic mass is 35.5. The summed E-state index contributed by atoms with van der Waals surface area (Å²) in [6.45, 7) is 0. The largest absolute Gasteiger partial charge is 0.368 e. The van der Waals surface area contributed by atoms with Crippen LogP contribution in [0.4, 0.5) is 11.9 Å². The molecule has 0 saturated heterocycles. The fourth-order valence-corrected chi connectivity index (χ4v) is 3.71. The lowest BCUT2D eigenvalue weighted by molar-refractivity contribution is 0.0924. The molecule has 0 fully saturated rings. The van der Waals surface area contributed by atoms with Crippen molar-refractivity contribution in [2.24, 2.45) is 0 Å². The van der Waals surface area contributed by atoms with Crippen molar-refractivity contribution >= 4 is 70.1 Å². The first-order valence-corrected chi connectivity index (χ1v) is 8.86. The maximum atomic E-state index is 12.8.